The summed E-state index contributed by atoms with van der Waals surface area (Å²) in [6, 6.07) is 9.15. The van der Waals surface area contributed by atoms with Crippen LogP contribution < -0.4 is 5.56 Å². The van der Waals surface area contributed by atoms with Crippen LogP contribution in [0.3, 0.4) is 0 Å². The second-order valence-electron chi connectivity index (χ2n) is 8.11. The first kappa shape index (κ1) is 23.2. The van der Waals surface area contributed by atoms with E-state index in [-0.39, 0.29) is 21.0 Å². The molecule has 0 saturated heterocycles. The number of rotatable bonds is 5. The third-order valence-electron chi connectivity index (χ3n) is 4.54. The number of aromatic nitrogens is 2. The molecule has 2 aromatic heterocycles. The van der Waals surface area contributed by atoms with E-state index in [9.17, 15) is 14.4 Å². The Balaban J connectivity index is 2.05. The van der Waals surface area contributed by atoms with Gasteiger partial charge in [-0.1, -0.05) is 18.2 Å². The lowest BCUT2D eigenvalue weighted by molar-refractivity contribution is 0.00745. The number of ether oxygens (including phenoxy) is 2. The molecular weight excluding hydrogens is 430 g/mol. The molecule has 168 valence electrons. The molecule has 32 heavy (non-hydrogen) atoms. The Hall–Kier alpha value is -3.46. The van der Waals surface area contributed by atoms with Crippen molar-refractivity contribution in [1.29, 1.82) is 0 Å². The van der Waals surface area contributed by atoms with Crippen LogP contribution >= 0.6 is 11.3 Å². The van der Waals surface area contributed by atoms with Gasteiger partial charge >= 0.3 is 11.9 Å². The molecule has 0 aliphatic heterocycles. The van der Waals surface area contributed by atoms with E-state index in [1.54, 1.807) is 34.6 Å². The molecule has 2 heterocycles. The van der Waals surface area contributed by atoms with E-state index in [1.165, 1.54) is 18.0 Å². The highest BCUT2D eigenvalue weighted by Crippen LogP contribution is 2.37. The van der Waals surface area contributed by atoms with Gasteiger partial charge in [-0.05, 0) is 52.3 Å². The summed E-state index contributed by atoms with van der Waals surface area (Å²) >= 11 is 1.02. The number of benzene rings is 1. The monoisotopic (exact) mass is 455 g/mol. The third kappa shape index (κ3) is 4.72. The molecule has 0 saturated carbocycles. The van der Waals surface area contributed by atoms with E-state index in [4.69, 9.17) is 9.47 Å². The zero-order valence-electron chi connectivity index (χ0n) is 18.8. The van der Waals surface area contributed by atoms with Gasteiger partial charge in [0.1, 0.15) is 21.0 Å². The van der Waals surface area contributed by atoms with Crippen LogP contribution in [0.4, 0.5) is 5.00 Å². The maximum Gasteiger partial charge on any atom is 0.349 e. The van der Waals surface area contributed by atoms with Crippen LogP contribution in [0.15, 0.2) is 40.1 Å². The van der Waals surface area contributed by atoms with E-state index in [1.807, 2.05) is 30.3 Å². The van der Waals surface area contributed by atoms with Gasteiger partial charge in [-0.15, -0.1) is 11.3 Å². The summed E-state index contributed by atoms with van der Waals surface area (Å²) in [6.07, 6.45) is 1.39. The van der Waals surface area contributed by atoms with Crippen molar-refractivity contribution in [2.75, 3.05) is 7.11 Å². The third-order valence-corrected chi connectivity index (χ3v) is 5.72. The number of carbonyl (C=O) groups excluding carboxylic acids is 2. The van der Waals surface area contributed by atoms with E-state index in [2.05, 4.69) is 10.1 Å². The van der Waals surface area contributed by atoms with Crippen LogP contribution in [0.1, 0.15) is 57.6 Å². The fourth-order valence-electron chi connectivity index (χ4n) is 3.04. The summed E-state index contributed by atoms with van der Waals surface area (Å²) < 4.78 is 11.8. The summed E-state index contributed by atoms with van der Waals surface area (Å²) in [4.78, 5) is 42.6. The molecule has 3 rings (SSSR count). The molecule has 1 N–H and O–H groups in total. The van der Waals surface area contributed by atoms with Crippen molar-refractivity contribution in [2.45, 2.75) is 40.2 Å². The average molecular weight is 456 g/mol. The van der Waals surface area contributed by atoms with Gasteiger partial charge in [0.15, 0.2) is 0 Å². The lowest BCUT2D eigenvalue weighted by atomic mass is 10.1. The molecule has 0 aliphatic carbocycles. The standard InChI is InChI=1S/C23H25N3O5S/c1-13-17(21(28)30-6)19(32-18(13)22(29)31-23(3,4)5)24-12-16-14(2)25-26(20(16)27)15-10-8-7-9-11-15/h7-12,25H,1-6H3. The van der Waals surface area contributed by atoms with Crippen molar-refractivity contribution in [2.24, 2.45) is 4.99 Å². The Labute approximate surface area is 189 Å². The molecular formula is C23H25N3O5S. The van der Waals surface area contributed by atoms with E-state index in [0.717, 1.165) is 11.3 Å². The van der Waals surface area contributed by atoms with Crippen molar-refractivity contribution >= 4 is 34.5 Å². The van der Waals surface area contributed by atoms with Crippen LogP contribution in [-0.2, 0) is 9.47 Å². The minimum absolute atomic E-state index is 0.172. The second-order valence-corrected chi connectivity index (χ2v) is 9.11. The lowest BCUT2D eigenvalue weighted by Gasteiger charge is -2.19. The van der Waals surface area contributed by atoms with Gasteiger partial charge in [0.05, 0.1) is 18.4 Å². The minimum Gasteiger partial charge on any atom is -0.465 e. The highest BCUT2D eigenvalue weighted by molar-refractivity contribution is 7.18. The normalized spacial score (nSPS) is 11.7. The molecule has 0 bridgehead atoms. The largest absolute Gasteiger partial charge is 0.465 e. The van der Waals surface area contributed by atoms with Crippen molar-refractivity contribution in [1.82, 2.24) is 9.78 Å². The maximum atomic E-state index is 12.9. The summed E-state index contributed by atoms with van der Waals surface area (Å²) in [5.41, 5.74) is 1.28. The first-order valence-corrected chi connectivity index (χ1v) is 10.7. The Bertz CT molecular complexity index is 1240. The summed E-state index contributed by atoms with van der Waals surface area (Å²) in [5.74, 6) is -1.16. The first-order chi connectivity index (χ1) is 15.0. The van der Waals surface area contributed by atoms with Gasteiger partial charge in [-0.2, -0.15) is 0 Å². The quantitative estimate of drug-likeness (QED) is 0.455. The minimum atomic E-state index is -0.687. The number of carbonyl (C=O) groups is 2. The number of nitrogens with zero attached hydrogens (tertiary/aromatic N) is 2. The molecule has 0 fully saturated rings. The number of para-hydroxylation sites is 1. The number of esters is 2. The number of nitrogens with one attached hydrogen (secondary N) is 1. The fraction of sp³-hybridized carbons (Fsp3) is 0.304. The van der Waals surface area contributed by atoms with Crippen molar-refractivity contribution < 1.29 is 19.1 Å². The molecule has 0 unspecified atom stereocenters. The molecule has 0 amide bonds. The molecule has 0 spiro atoms. The van der Waals surface area contributed by atoms with E-state index < -0.39 is 17.5 Å². The van der Waals surface area contributed by atoms with Gasteiger partial charge in [-0.3, -0.25) is 9.89 Å². The van der Waals surface area contributed by atoms with Gasteiger partial charge in [0, 0.05) is 11.9 Å². The number of aromatic amines is 1. The van der Waals surface area contributed by atoms with Gasteiger partial charge in [-0.25, -0.2) is 19.3 Å². The molecule has 8 nitrogen and oxygen atoms in total. The number of aryl methyl sites for hydroxylation is 1. The SMILES string of the molecule is COC(=O)c1c(N=Cc2c(C)[nH]n(-c3ccccc3)c2=O)sc(C(=O)OC(C)(C)C)c1C. The Morgan fingerprint density at radius 3 is 2.38 bits per heavy atom. The Morgan fingerprint density at radius 2 is 1.78 bits per heavy atom. The van der Waals surface area contributed by atoms with Crippen molar-refractivity contribution in [3.05, 3.63) is 67.9 Å². The lowest BCUT2D eigenvalue weighted by Crippen LogP contribution is -2.23. The van der Waals surface area contributed by atoms with Crippen LogP contribution in [0, 0.1) is 13.8 Å². The van der Waals surface area contributed by atoms with E-state index in [0.29, 0.717) is 22.5 Å². The molecule has 0 radical (unpaired) electrons. The zero-order valence-corrected chi connectivity index (χ0v) is 19.6. The number of hydrogen-bond donors (Lipinski definition) is 1. The Morgan fingerprint density at radius 1 is 1.12 bits per heavy atom. The number of aliphatic imine (C=N–C) groups is 1. The Kier molecular flexibility index (Phi) is 6.50. The molecule has 1 aromatic carbocycles. The van der Waals surface area contributed by atoms with Crippen LogP contribution in [0.25, 0.3) is 5.69 Å². The van der Waals surface area contributed by atoms with Crippen LogP contribution in [0.2, 0.25) is 0 Å². The molecule has 0 atom stereocenters. The number of hydrogen-bond acceptors (Lipinski definition) is 7. The average Bonchev–Trinajstić information content (AvgIpc) is 3.21. The molecule has 0 aliphatic rings. The van der Waals surface area contributed by atoms with Crippen molar-refractivity contribution in [3.8, 4) is 5.69 Å². The topological polar surface area (TPSA) is 103 Å². The van der Waals surface area contributed by atoms with Gasteiger partial charge < -0.3 is 9.47 Å². The molecule has 9 heteroatoms. The number of methoxy groups -OCH3 is 1. The number of thiophene rings is 1. The zero-order chi connectivity index (χ0) is 23.6. The van der Waals surface area contributed by atoms with Crippen LogP contribution in [-0.4, -0.2) is 40.6 Å². The fourth-order valence-corrected chi connectivity index (χ4v) is 4.06. The van der Waals surface area contributed by atoms with Gasteiger partial charge in [0.25, 0.3) is 5.56 Å². The molecule has 3 aromatic rings. The highest BCUT2D eigenvalue weighted by atomic mass is 32.1. The summed E-state index contributed by atoms with van der Waals surface area (Å²) in [6.45, 7) is 8.70. The first-order valence-electron chi connectivity index (χ1n) is 9.89. The summed E-state index contributed by atoms with van der Waals surface area (Å²) in [7, 11) is 1.26. The number of H-pyrrole nitrogens is 1. The second kappa shape index (κ2) is 8.96. The maximum absolute atomic E-state index is 12.9. The van der Waals surface area contributed by atoms with Gasteiger partial charge in [0.2, 0.25) is 0 Å². The van der Waals surface area contributed by atoms with Crippen molar-refractivity contribution in [3.63, 3.8) is 0 Å². The highest BCUT2D eigenvalue weighted by Gasteiger charge is 2.28. The smallest absolute Gasteiger partial charge is 0.349 e. The predicted molar refractivity (Wildman–Crippen MR) is 124 cm³/mol. The van der Waals surface area contributed by atoms with Crippen LogP contribution in [0.5, 0.6) is 0 Å². The predicted octanol–water partition coefficient (Wildman–Crippen LogP) is 4.34. The van der Waals surface area contributed by atoms with E-state index >= 15 is 0 Å². The summed E-state index contributed by atoms with van der Waals surface area (Å²) in [5, 5.41) is 3.29.